The van der Waals surface area contributed by atoms with Gasteiger partial charge in [-0.05, 0) is 30.4 Å². The molecule has 2 aliphatic rings. The van der Waals surface area contributed by atoms with Crippen molar-refractivity contribution in [2.75, 3.05) is 26.2 Å². The van der Waals surface area contributed by atoms with Gasteiger partial charge in [-0.25, -0.2) is 0 Å². The van der Waals surface area contributed by atoms with E-state index in [0.29, 0.717) is 11.8 Å². The molecular formula is C22H26N2O. The molecule has 3 nitrogen and oxygen atoms in total. The number of carbonyl (C=O) groups excluding carboxylic acids is 1. The topological polar surface area (TPSA) is 23.6 Å². The lowest BCUT2D eigenvalue weighted by Gasteiger charge is -2.35. The van der Waals surface area contributed by atoms with E-state index in [1.807, 2.05) is 6.07 Å². The number of benzene rings is 2. The lowest BCUT2D eigenvalue weighted by atomic mass is 10.1. The summed E-state index contributed by atoms with van der Waals surface area (Å²) in [6, 6.07) is 19.2. The lowest BCUT2D eigenvalue weighted by molar-refractivity contribution is -0.134. The van der Waals surface area contributed by atoms with Crippen LogP contribution < -0.4 is 0 Å². The largest absolute Gasteiger partial charge is 0.340 e. The highest BCUT2D eigenvalue weighted by Gasteiger charge is 2.45. The Hall–Kier alpha value is -2.13. The van der Waals surface area contributed by atoms with Crippen LogP contribution in [0.2, 0.25) is 0 Å². The van der Waals surface area contributed by atoms with Gasteiger partial charge in [-0.1, -0.05) is 60.2 Å². The first-order valence-electron chi connectivity index (χ1n) is 9.32. The molecule has 2 unspecified atom stereocenters. The summed E-state index contributed by atoms with van der Waals surface area (Å²) in [5.41, 5.74) is 3.98. The van der Waals surface area contributed by atoms with Crippen LogP contribution in [0.15, 0.2) is 54.6 Å². The van der Waals surface area contributed by atoms with Gasteiger partial charge in [0.2, 0.25) is 5.91 Å². The second kappa shape index (κ2) is 7.01. The third kappa shape index (κ3) is 3.77. The molecule has 25 heavy (non-hydrogen) atoms. The van der Waals surface area contributed by atoms with Gasteiger partial charge in [0, 0.05) is 38.6 Å². The third-order valence-corrected chi connectivity index (χ3v) is 5.55. The Balaban J connectivity index is 1.27. The van der Waals surface area contributed by atoms with E-state index < -0.39 is 0 Å². The summed E-state index contributed by atoms with van der Waals surface area (Å²) in [7, 11) is 0. The minimum atomic E-state index is 0.214. The van der Waals surface area contributed by atoms with Gasteiger partial charge in [0.1, 0.15) is 0 Å². The Morgan fingerprint density at radius 3 is 2.32 bits per heavy atom. The van der Waals surface area contributed by atoms with Gasteiger partial charge < -0.3 is 4.90 Å². The molecule has 4 rings (SSSR count). The molecule has 0 bridgehead atoms. The first kappa shape index (κ1) is 16.3. The van der Waals surface area contributed by atoms with E-state index in [0.717, 1.165) is 39.1 Å². The van der Waals surface area contributed by atoms with Gasteiger partial charge in [-0.2, -0.15) is 0 Å². The molecule has 2 atom stereocenters. The zero-order chi connectivity index (χ0) is 17.2. The average Bonchev–Trinajstić information content (AvgIpc) is 3.45. The van der Waals surface area contributed by atoms with E-state index >= 15 is 0 Å². The molecule has 3 heteroatoms. The van der Waals surface area contributed by atoms with Gasteiger partial charge in [0.15, 0.2) is 0 Å². The van der Waals surface area contributed by atoms with E-state index in [1.165, 1.54) is 16.7 Å². The predicted octanol–water partition coefficient (Wildman–Crippen LogP) is 3.44. The highest BCUT2D eigenvalue weighted by molar-refractivity contribution is 5.83. The second-order valence-corrected chi connectivity index (χ2v) is 7.45. The van der Waals surface area contributed by atoms with Gasteiger partial charge in [0.05, 0.1) is 0 Å². The molecule has 0 radical (unpaired) electrons. The summed E-state index contributed by atoms with van der Waals surface area (Å²) < 4.78 is 0. The highest BCUT2D eigenvalue weighted by Crippen LogP contribution is 2.48. The predicted molar refractivity (Wildman–Crippen MR) is 100 cm³/mol. The van der Waals surface area contributed by atoms with Crippen molar-refractivity contribution in [2.24, 2.45) is 5.92 Å². The van der Waals surface area contributed by atoms with E-state index in [4.69, 9.17) is 0 Å². The minimum Gasteiger partial charge on any atom is -0.340 e. The summed E-state index contributed by atoms with van der Waals surface area (Å²) >= 11 is 0. The SMILES string of the molecule is Cc1ccc(CN2CCN(C(=O)C3CC3c3ccccc3)CC2)cc1. The molecular weight excluding hydrogens is 308 g/mol. The molecule has 2 aromatic rings. The monoisotopic (exact) mass is 334 g/mol. The molecule has 1 amide bonds. The average molecular weight is 334 g/mol. The molecule has 0 N–H and O–H groups in total. The van der Waals surface area contributed by atoms with Crippen molar-refractivity contribution in [3.05, 3.63) is 71.3 Å². The number of amides is 1. The summed E-state index contributed by atoms with van der Waals surface area (Å²) in [5, 5.41) is 0. The van der Waals surface area contributed by atoms with Crippen LogP contribution in [0.1, 0.15) is 29.0 Å². The first-order valence-corrected chi connectivity index (χ1v) is 9.32. The maximum Gasteiger partial charge on any atom is 0.226 e. The zero-order valence-electron chi connectivity index (χ0n) is 14.9. The Labute approximate surface area is 150 Å². The van der Waals surface area contributed by atoms with E-state index in [2.05, 4.69) is 65.3 Å². The van der Waals surface area contributed by atoms with Crippen LogP contribution in [0.4, 0.5) is 0 Å². The summed E-state index contributed by atoms with van der Waals surface area (Å²) in [6.07, 6.45) is 1.02. The lowest BCUT2D eigenvalue weighted by Crippen LogP contribution is -2.48. The van der Waals surface area contributed by atoms with Crippen LogP contribution in [0.3, 0.4) is 0 Å². The first-order chi connectivity index (χ1) is 12.2. The van der Waals surface area contributed by atoms with Crippen molar-refractivity contribution in [3.63, 3.8) is 0 Å². The number of carbonyl (C=O) groups is 1. The molecule has 0 aromatic heterocycles. The van der Waals surface area contributed by atoms with Gasteiger partial charge in [-0.15, -0.1) is 0 Å². The third-order valence-electron chi connectivity index (χ3n) is 5.55. The van der Waals surface area contributed by atoms with Crippen LogP contribution in [-0.4, -0.2) is 41.9 Å². The van der Waals surface area contributed by atoms with E-state index in [9.17, 15) is 4.79 Å². The molecule has 2 aromatic carbocycles. The van der Waals surface area contributed by atoms with Crippen LogP contribution >= 0.6 is 0 Å². The van der Waals surface area contributed by atoms with Crippen LogP contribution in [-0.2, 0) is 11.3 Å². The number of aryl methyl sites for hydroxylation is 1. The molecule has 0 spiro atoms. The molecule has 2 fully saturated rings. The van der Waals surface area contributed by atoms with Crippen LogP contribution in [0.25, 0.3) is 0 Å². The van der Waals surface area contributed by atoms with Gasteiger partial charge >= 0.3 is 0 Å². The smallest absolute Gasteiger partial charge is 0.226 e. The molecule has 1 aliphatic heterocycles. The van der Waals surface area contributed by atoms with Crippen molar-refractivity contribution in [3.8, 4) is 0 Å². The standard InChI is InChI=1S/C22H26N2O/c1-17-7-9-18(10-8-17)16-23-11-13-24(14-12-23)22(25)21-15-20(21)19-5-3-2-4-6-19/h2-10,20-21H,11-16H2,1H3. The minimum absolute atomic E-state index is 0.214. The number of nitrogens with zero attached hydrogens (tertiary/aromatic N) is 2. The molecule has 1 aliphatic carbocycles. The Kier molecular flexibility index (Phi) is 4.58. The number of rotatable bonds is 4. The zero-order valence-corrected chi connectivity index (χ0v) is 14.9. The summed E-state index contributed by atoms with van der Waals surface area (Å²) in [5.74, 6) is 1.02. The molecule has 1 heterocycles. The van der Waals surface area contributed by atoms with Crippen molar-refractivity contribution in [1.82, 2.24) is 9.80 Å². The number of hydrogen-bond donors (Lipinski definition) is 0. The highest BCUT2D eigenvalue weighted by atomic mass is 16.2. The maximum atomic E-state index is 12.8. The maximum absolute atomic E-state index is 12.8. The van der Waals surface area contributed by atoms with Crippen LogP contribution in [0.5, 0.6) is 0 Å². The summed E-state index contributed by atoms with van der Waals surface area (Å²) in [6.45, 7) is 6.78. The van der Waals surface area contributed by atoms with Crippen molar-refractivity contribution < 1.29 is 4.79 Å². The molecule has 130 valence electrons. The van der Waals surface area contributed by atoms with Crippen molar-refractivity contribution >= 4 is 5.91 Å². The normalized spacial score (nSPS) is 23.5. The number of hydrogen-bond acceptors (Lipinski definition) is 2. The van der Waals surface area contributed by atoms with Crippen molar-refractivity contribution in [2.45, 2.75) is 25.8 Å². The Morgan fingerprint density at radius 2 is 1.64 bits per heavy atom. The van der Waals surface area contributed by atoms with E-state index in [1.54, 1.807) is 0 Å². The number of piperazine rings is 1. The van der Waals surface area contributed by atoms with Gasteiger partial charge in [-0.3, -0.25) is 9.69 Å². The Bertz CT molecular complexity index is 717. The van der Waals surface area contributed by atoms with E-state index in [-0.39, 0.29) is 5.92 Å². The Morgan fingerprint density at radius 1 is 0.960 bits per heavy atom. The molecule has 1 saturated carbocycles. The fourth-order valence-electron chi connectivity index (χ4n) is 3.85. The van der Waals surface area contributed by atoms with Crippen molar-refractivity contribution in [1.29, 1.82) is 0 Å². The summed E-state index contributed by atoms with van der Waals surface area (Å²) in [4.78, 5) is 17.3. The van der Waals surface area contributed by atoms with Crippen LogP contribution in [0, 0.1) is 12.8 Å². The quantitative estimate of drug-likeness (QED) is 0.855. The fourth-order valence-corrected chi connectivity index (χ4v) is 3.85. The fraction of sp³-hybridized carbons (Fsp3) is 0.409. The van der Waals surface area contributed by atoms with Gasteiger partial charge in [0.25, 0.3) is 0 Å². The second-order valence-electron chi connectivity index (χ2n) is 7.45. The molecule has 1 saturated heterocycles.